The molecule has 0 radical (unpaired) electrons. The van der Waals surface area contributed by atoms with E-state index < -0.39 is 0 Å². The molecule has 3 nitrogen and oxygen atoms in total. The molecule has 0 unspecified atom stereocenters. The van der Waals surface area contributed by atoms with Crippen molar-refractivity contribution in [1.29, 1.82) is 0 Å². The van der Waals surface area contributed by atoms with Gasteiger partial charge >= 0.3 is 0 Å². The van der Waals surface area contributed by atoms with Gasteiger partial charge in [0.05, 0.1) is 0 Å². The van der Waals surface area contributed by atoms with Crippen molar-refractivity contribution >= 4 is 11.6 Å². The number of rotatable bonds is 3. The summed E-state index contributed by atoms with van der Waals surface area (Å²) in [5.41, 5.74) is 3.75. The molecule has 1 aliphatic rings. The molecule has 0 saturated heterocycles. The van der Waals surface area contributed by atoms with Crippen LogP contribution in [0.25, 0.3) is 0 Å². The molecule has 1 aliphatic heterocycles. The van der Waals surface area contributed by atoms with Gasteiger partial charge in [0, 0.05) is 25.7 Å². The fourth-order valence-electron chi connectivity index (χ4n) is 2.22. The van der Waals surface area contributed by atoms with Crippen molar-refractivity contribution in [2.75, 3.05) is 32.6 Å². The van der Waals surface area contributed by atoms with Gasteiger partial charge in [-0.1, -0.05) is 12.1 Å². The Balaban J connectivity index is 2.17. The highest BCUT2D eigenvalue weighted by Gasteiger charge is 2.20. The summed E-state index contributed by atoms with van der Waals surface area (Å²) in [5.74, 6) is 0.221. The molecule has 17 heavy (non-hydrogen) atoms. The second-order valence-electron chi connectivity index (χ2n) is 4.97. The minimum Gasteiger partial charge on any atom is -0.315 e. The van der Waals surface area contributed by atoms with E-state index in [1.165, 1.54) is 11.1 Å². The molecule has 0 saturated carbocycles. The molecule has 0 fully saturated rings. The number of hydrogen-bond donors (Lipinski definition) is 0. The van der Waals surface area contributed by atoms with Gasteiger partial charge in [-0.05, 0) is 44.1 Å². The van der Waals surface area contributed by atoms with Crippen molar-refractivity contribution in [3.8, 4) is 0 Å². The van der Waals surface area contributed by atoms with Gasteiger partial charge in [0.25, 0.3) is 0 Å². The summed E-state index contributed by atoms with van der Waals surface area (Å²) in [4.78, 5) is 15.5. The average molecular weight is 232 g/mol. The molecule has 3 heteroatoms. The largest absolute Gasteiger partial charge is 0.315 e. The molecule has 0 aromatic heterocycles. The Labute approximate surface area is 103 Å². The summed E-state index contributed by atoms with van der Waals surface area (Å²) in [6.45, 7) is 1.06. The van der Waals surface area contributed by atoms with Gasteiger partial charge in [0.15, 0.2) is 0 Å². The first-order valence-electron chi connectivity index (χ1n) is 6.11. The number of likely N-dealkylation sites (N-methyl/N-ethyl adjacent to an activating group) is 1. The van der Waals surface area contributed by atoms with Crippen LogP contribution in [0.5, 0.6) is 0 Å². The first kappa shape index (κ1) is 12.1. The van der Waals surface area contributed by atoms with Crippen LogP contribution in [0, 0.1) is 0 Å². The highest BCUT2D eigenvalue weighted by Crippen LogP contribution is 2.27. The van der Waals surface area contributed by atoms with E-state index in [-0.39, 0.29) is 5.91 Å². The monoisotopic (exact) mass is 232 g/mol. The van der Waals surface area contributed by atoms with Crippen LogP contribution in [0.3, 0.4) is 0 Å². The molecular weight excluding hydrogens is 212 g/mol. The molecule has 0 aliphatic carbocycles. The Bertz CT molecular complexity index is 426. The van der Waals surface area contributed by atoms with E-state index in [2.05, 4.69) is 37.2 Å². The Morgan fingerprint density at radius 3 is 2.76 bits per heavy atom. The number of benzene rings is 1. The zero-order chi connectivity index (χ0) is 12.4. The Kier molecular flexibility index (Phi) is 3.48. The van der Waals surface area contributed by atoms with Gasteiger partial charge in [0.2, 0.25) is 5.91 Å². The summed E-state index contributed by atoms with van der Waals surface area (Å²) in [6.07, 6.45) is 2.59. The van der Waals surface area contributed by atoms with Crippen molar-refractivity contribution in [3.05, 3.63) is 29.3 Å². The predicted octanol–water partition coefficient (Wildman–Crippen LogP) is 1.70. The number of amides is 1. The summed E-state index contributed by atoms with van der Waals surface area (Å²) in [7, 11) is 6.04. The number of anilines is 1. The van der Waals surface area contributed by atoms with E-state index in [1.54, 1.807) is 4.90 Å². The van der Waals surface area contributed by atoms with Crippen LogP contribution >= 0.6 is 0 Å². The number of nitrogens with zero attached hydrogens (tertiary/aromatic N) is 2. The van der Waals surface area contributed by atoms with Crippen LogP contribution in [0.15, 0.2) is 18.2 Å². The van der Waals surface area contributed by atoms with Crippen molar-refractivity contribution in [1.82, 2.24) is 4.90 Å². The molecule has 1 aromatic carbocycles. The third kappa shape index (κ3) is 2.67. The van der Waals surface area contributed by atoms with Gasteiger partial charge in [-0.15, -0.1) is 0 Å². The smallest absolute Gasteiger partial charge is 0.227 e. The molecule has 92 valence electrons. The number of hydrogen-bond acceptors (Lipinski definition) is 2. The summed E-state index contributed by atoms with van der Waals surface area (Å²) in [5, 5.41) is 0. The molecule has 0 N–H and O–H groups in total. The van der Waals surface area contributed by atoms with E-state index in [0.717, 1.165) is 25.1 Å². The van der Waals surface area contributed by atoms with Crippen LogP contribution in [0.1, 0.15) is 17.5 Å². The maximum absolute atomic E-state index is 11.6. The van der Waals surface area contributed by atoms with E-state index in [4.69, 9.17) is 0 Å². The number of carbonyl (C=O) groups excluding carboxylic acids is 1. The second kappa shape index (κ2) is 4.88. The Morgan fingerprint density at radius 2 is 2.06 bits per heavy atom. The van der Waals surface area contributed by atoms with Gasteiger partial charge in [-0.25, -0.2) is 0 Å². The van der Waals surface area contributed by atoms with Crippen LogP contribution in [0.2, 0.25) is 0 Å². The predicted molar refractivity (Wildman–Crippen MR) is 70.4 cm³/mol. The van der Waals surface area contributed by atoms with Crippen molar-refractivity contribution in [3.63, 3.8) is 0 Å². The standard InChI is InChI=1S/C14H20N2O/c1-15(2)9-8-11-4-6-13-12(10-11)5-7-14(17)16(13)3/h4,6,10H,5,7-9H2,1-3H3. The molecule has 1 amide bonds. The lowest BCUT2D eigenvalue weighted by atomic mass is 9.98. The summed E-state index contributed by atoms with van der Waals surface area (Å²) >= 11 is 0. The van der Waals surface area contributed by atoms with Crippen molar-refractivity contribution in [2.24, 2.45) is 0 Å². The topological polar surface area (TPSA) is 23.6 Å². The van der Waals surface area contributed by atoms with Crippen LogP contribution in [-0.4, -0.2) is 38.5 Å². The average Bonchev–Trinajstić information content (AvgIpc) is 2.31. The highest BCUT2D eigenvalue weighted by molar-refractivity contribution is 5.95. The quantitative estimate of drug-likeness (QED) is 0.792. The molecule has 1 aromatic rings. The first-order chi connectivity index (χ1) is 8.08. The molecule has 0 bridgehead atoms. The normalized spacial score (nSPS) is 15.3. The molecular formula is C14H20N2O. The number of aryl methyl sites for hydroxylation is 1. The van der Waals surface area contributed by atoms with Crippen LogP contribution in [0.4, 0.5) is 5.69 Å². The lowest BCUT2D eigenvalue weighted by Crippen LogP contribution is -2.31. The molecule has 0 atom stereocenters. The first-order valence-corrected chi connectivity index (χ1v) is 6.11. The molecule has 2 rings (SSSR count). The summed E-state index contributed by atoms with van der Waals surface area (Å²) < 4.78 is 0. The summed E-state index contributed by atoms with van der Waals surface area (Å²) in [6, 6.07) is 6.47. The fourth-order valence-corrected chi connectivity index (χ4v) is 2.22. The highest BCUT2D eigenvalue weighted by atomic mass is 16.2. The third-order valence-electron chi connectivity index (χ3n) is 3.34. The third-order valence-corrected chi connectivity index (χ3v) is 3.34. The minimum atomic E-state index is 0.221. The maximum atomic E-state index is 11.6. The SMILES string of the molecule is CN(C)CCc1ccc2c(c1)CCC(=O)N2C. The van der Waals surface area contributed by atoms with E-state index >= 15 is 0 Å². The Morgan fingerprint density at radius 1 is 1.29 bits per heavy atom. The van der Waals surface area contributed by atoms with E-state index in [9.17, 15) is 4.79 Å². The zero-order valence-electron chi connectivity index (χ0n) is 10.9. The van der Waals surface area contributed by atoms with Crippen molar-refractivity contribution < 1.29 is 4.79 Å². The maximum Gasteiger partial charge on any atom is 0.227 e. The van der Waals surface area contributed by atoms with Crippen molar-refractivity contribution in [2.45, 2.75) is 19.3 Å². The van der Waals surface area contributed by atoms with Gasteiger partial charge in [-0.3, -0.25) is 4.79 Å². The van der Waals surface area contributed by atoms with E-state index in [0.29, 0.717) is 6.42 Å². The second-order valence-corrected chi connectivity index (χ2v) is 4.97. The van der Waals surface area contributed by atoms with Crippen LogP contribution < -0.4 is 4.90 Å². The lowest BCUT2D eigenvalue weighted by molar-refractivity contribution is -0.118. The Hall–Kier alpha value is -1.35. The number of carbonyl (C=O) groups is 1. The molecule has 1 heterocycles. The fraction of sp³-hybridized carbons (Fsp3) is 0.500. The molecule has 0 spiro atoms. The van der Waals surface area contributed by atoms with Gasteiger partial charge in [0.1, 0.15) is 0 Å². The minimum absolute atomic E-state index is 0.221. The van der Waals surface area contributed by atoms with Gasteiger partial charge in [-0.2, -0.15) is 0 Å². The zero-order valence-corrected chi connectivity index (χ0v) is 10.9. The van der Waals surface area contributed by atoms with Crippen LogP contribution in [-0.2, 0) is 17.6 Å². The lowest BCUT2D eigenvalue weighted by Gasteiger charge is -2.26. The van der Waals surface area contributed by atoms with E-state index in [1.807, 2.05) is 7.05 Å². The van der Waals surface area contributed by atoms with Gasteiger partial charge < -0.3 is 9.80 Å². The number of fused-ring (bicyclic) bond motifs is 1.